The standard InChI is InChI=1S/C27H48INO5/c1-5-9-13-22(6-2)20-34-26(32)27(8-4,21-28)16-15-23(7-3)25(31)33-19-18-29-17-12-10-11-14-24(29)30/h22-23H,5-21H2,1-4H3. The van der Waals surface area contributed by atoms with Crippen LogP contribution in [0.15, 0.2) is 0 Å². The number of amides is 1. The van der Waals surface area contributed by atoms with E-state index in [1.807, 2.05) is 18.7 Å². The largest absolute Gasteiger partial charge is 0.465 e. The van der Waals surface area contributed by atoms with Gasteiger partial charge in [-0.15, -0.1) is 0 Å². The molecule has 34 heavy (non-hydrogen) atoms. The molecule has 0 radical (unpaired) electrons. The van der Waals surface area contributed by atoms with Crippen LogP contribution in [0.25, 0.3) is 0 Å². The molecule has 0 aromatic heterocycles. The maximum atomic E-state index is 13.1. The molecule has 1 fully saturated rings. The van der Waals surface area contributed by atoms with Crippen LogP contribution in [0, 0.1) is 17.3 Å². The van der Waals surface area contributed by atoms with Crippen LogP contribution >= 0.6 is 22.6 Å². The first-order chi connectivity index (χ1) is 16.4. The molecule has 3 unspecified atom stereocenters. The zero-order valence-corrected chi connectivity index (χ0v) is 24.2. The summed E-state index contributed by atoms with van der Waals surface area (Å²) in [5.41, 5.74) is -0.560. The van der Waals surface area contributed by atoms with Gasteiger partial charge in [0.15, 0.2) is 0 Å². The van der Waals surface area contributed by atoms with Crippen molar-refractivity contribution in [1.82, 2.24) is 4.90 Å². The van der Waals surface area contributed by atoms with Crippen molar-refractivity contribution < 1.29 is 23.9 Å². The number of likely N-dealkylation sites (tertiary alicyclic amines) is 1. The number of carbonyl (C=O) groups excluding carboxylic acids is 3. The second kappa shape index (κ2) is 17.6. The predicted octanol–water partition coefficient (Wildman–Crippen LogP) is 6.33. The molecule has 1 aliphatic rings. The summed E-state index contributed by atoms with van der Waals surface area (Å²) in [5.74, 6) is -0.00471. The Balaban J connectivity index is 2.58. The van der Waals surface area contributed by atoms with Crippen LogP contribution in [-0.2, 0) is 23.9 Å². The molecule has 1 amide bonds. The van der Waals surface area contributed by atoms with Crippen LogP contribution in [0.5, 0.6) is 0 Å². The fourth-order valence-corrected chi connectivity index (χ4v) is 5.70. The summed E-state index contributed by atoms with van der Waals surface area (Å²) in [7, 11) is 0. The Bertz CT molecular complexity index is 608. The molecule has 0 aliphatic carbocycles. The number of nitrogens with zero attached hydrogens (tertiary/aromatic N) is 1. The Labute approximate surface area is 221 Å². The molecule has 1 rings (SSSR count). The SMILES string of the molecule is CCCCC(CC)COC(=O)C(CC)(CI)CCC(CC)C(=O)OCCN1CCCCCC1=O. The average Bonchev–Trinajstić information content (AvgIpc) is 3.06. The number of carbonyl (C=O) groups is 3. The minimum Gasteiger partial charge on any atom is -0.465 e. The van der Waals surface area contributed by atoms with Gasteiger partial charge in [-0.3, -0.25) is 14.4 Å². The van der Waals surface area contributed by atoms with Crippen molar-refractivity contribution >= 4 is 40.4 Å². The third-order valence-corrected chi connectivity index (χ3v) is 8.89. The highest BCUT2D eigenvalue weighted by atomic mass is 127. The Morgan fingerprint density at radius 2 is 1.82 bits per heavy atom. The van der Waals surface area contributed by atoms with Gasteiger partial charge in [0.25, 0.3) is 0 Å². The van der Waals surface area contributed by atoms with Gasteiger partial charge >= 0.3 is 11.9 Å². The smallest absolute Gasteiger partial charge is 0.312 e. The van der Waals surface area contributed by atoms with Gasteiger partial charge in [0, 0.05) is 17.4 Å². The third-order valence-electron chi connectivity index (χ3n) is 7.43. The van der Waals surface area contributed by atoms with E-state index in [4.69, 9.17) is 9.47 Å². The lowest BCUT2D eigenvalue weighted by Gasteiger charge is -2.30. The van der Waals surface area contributed by atoms with E-state index in [1.54, 1.807) is 0 Å². The first-order valence-corrected chi connectivity index (χ1v) is 15.1. The summed E-state index contributed by atoms with van der Waals surface area (Å²) in [6, 6.07) is 0. The van der Waals surface area contributed by atoms with E-state index in [9.17, 15) is 14.4 Å². The highest BCUT2D eigenvalue weighted by molar-refractivity contribution is 14.1. The van der Waals surface area contributed by atoms with Gasteiger partial charge in [0.1, 0.15) is 6.61 Å². The highest BCUT2D eigenvalue weighted by Crippen LogP contribution is 2.35. The molecule has 0 saturated carbocycles. The molecule has 1 aliphatic heterocycles. The number of hydrogen-bond acceptors (Lipinski definition) is 5. The maximum absolute atomic E-state index is 13.1. The van der Waals surface area contributed by atoms with Crippen LogP contribution in [0.1, 0.15) is 105 Å². The van der Waals surface area contributed by atoms with Gasteiger partial charge in [0.2, 0.25) is 5.91 Å². The summed E-state index contributed by atoms with van der Waals surface area (Å²) in [6.45, 7) is 10.3. The van der Waals surface area contributed by atoms with Gasteiger partial charge in [0.05, 0.1) is 24.5 Å². The van der Waals surface area contributed by atoms with Crippen molar-refractivity contribution in [2.45, 2.75) is 105 Å². The van der Waals surface area contributed by atoms with Gasteiger partial charge in [-0.2, -0.15) is 0 Å². The molecular weight excluding hydrogens is 545 g/mol. The second-order valence-corrected chi connectivity index (χ2v) is 10.5. The Hall–Kier alpha value is -0.860. The van der Waals surface area contributed by atoms with E-state index in [0.29, 0.717) is 55.6 Å². The number of unbranched alkanes of at least 4 members (excludes halogenated alkanes) is 1. The van der Waals surface area contributed by atoms with E-state index >= 15 is 0 Å². The Morgan fingerprint density at radius 3 is 2.44 bits per heavy atom. The molecule has 7 heteroatoms. The quantitative estimate of drug-likeness (QED) is 0.112. The minimum atomic E-state index is -0.560. The minimum absolute atomic E-state index is 0.123. The first kappa shape index (κ1) is 31.2. The van der Waals surface area contributed by atoms with Crippen molar-refractivity contribution in [3.8, 4) is 0 Å². The number of ether oxygens (including phenoxy) is 2. The zero-order chi connectivity index (χ0) is 25.4. The Kier molecular flexibility index (Phi) is 16.1. The molecule has 198 valence electrons. The van der Waals surface area contributed by atoms with Crippen LogP contribution in [0.4, 0.5) is 0 Å². The Morgan fingerprint density at radius 1 is 1.06 bits per heavy atom. The van der Waals surface area contributed by atoms with E-state index in [-0.39, 0.29) is 30.4 Å². The van der Waals surface area contributed by atoms with Crippen molar-refractivity contribution in [3.63, 3.8) is 0 Å². The monoisotopic (exact) mass is 593 g/mol. The van der Waals surface area contributed by atoms with Crippen molar-refractivity contribution in [1.29, 1.82) is 0 Å². The van der Waals surface area contributed by atoms with Crippen LogP contribution < -0.4 is 0 Å². The van der Waals surface area contributed by atoms with E-state index in [0.717, 1.165) is 51.5 Å². The van der Waals surface area contributed by atoms with E-state index in [1.165, 1.54) is 0 Å². The highest BCUT2D eigenvalue weighted by Gasteiger charge is 2.38. The second-order valence-electron chi connectivity index (χ2n) is 9.79. The van der Waals surface area contributed by atoms with Crippen LogP contribution in [0.3, 0.4) is 0 Å². The molecule has 3 atom stereocenters. The number of rotatable bonds is 17. The van der Waals surface area contributed by atoms with Crippen molar-refractivity contribution in [2.75, 3.05) is 30.7 Å². The van der Waals surface area contributed by atoms with Gasteiger partial charge in [-0.25, -0.2) is 0 Å². The first-order valence-electron chi connectivity index (χ1n) is 13.5. The molecule has 0 bridgehead atoms. The fraction of sp³-hybridized carbons (Fsp3) is 0.889. The summed E-state index contributed by atoms with van der Waals surface area (Å²) in [5, 5.41) is 0. The molecule has 1 saturated heterocycles. The van der Waals surface area contributed by atoms with E-state index < -0.39 is 5.41 Å². The lowest BCUT2D eigenvalue weighted by molar-refractivity contribution is -0.158. The van der Waals surface area contributed by atoms with Crippen molar-refractivity contribution in [2.24, 2.45) is 17.3 Å². The van der Waals surface area contributed by atoms with Crippen LogP contribution in [-0.4, -0.2) is 53.5 Å². The third kappa shape index (κ3) is 10.4. The van der Waals surface area contributed by atoms with Crippen LogP contribution in [0.2, 0.25) is 0 Å². The van der Waals surface area contributed by atoms with Gasteiger partial charge in [-0.05, 0) is 50.9 Å². The van der Waals surface area contributed by atoms with Crippen molar-refractivity contribution in [3.05, 3.63) is 0 Å². The number of alkyl halides is 1. The lowest BCUT2D eigenvalue weighted by atomic mass is 9.80. The average molecular weight is 594 g/mol. The normalized spacial score (nSPS) is 18.0. The summed E-state index contributed by atoms with van der Waals surface area (Å²) < 4.78 is 12.1. The number of halogens is 1. The number of esters is 2. The molecular formula is C27H48INO5. The number of hydrogen-bond donors (Lipinski definition) is 0. The maximum Gasteiger partial charge on any atom is 0.312 e. The van der Waals surface area contributed by atoms with Gasteiger partial charge in [-0.1, -0.05) is 76.0 Å². The fourth-order valence-electron chi connectivity index (χ4n) is 4.47. The lowest BCUT2D eigenvalue weighted by Crippen LogP contribution is -2.36. The summed E-state index contributed by atoms with van der Waals surface area (Å²) in [6.07, 6.45) is 10.7. The molecule has 0 spiro atoms. The molecule has 0 aromatic rings. The molecule has 1 heterocycles. The van der Waals surface area contributed by atoms with E-state index in [2.05, 4.69) is 36.4 Å². The summed E-state index contributed by atoms with van der Waals surface area (Å²) >= 11 is 2.28. The summed E-state index contributed by atoms with van der Waals surface area (Å²) in [4.78, 5) is 39.8. The topological polar surface area (TPSA) is 72.9 Å². The molecule has 6 nitrogen and oxygen atoms in total. The predicted molar refractivity (Wildman–Crippen MR) is 145 cm³/mol. The molecule has 0 N–H and O–H groups in total. The zero-order valence-electron chi connectivity index (χ0n) is 22.0. The molecule has 0 aromatic carbocycles. The van der Waals surface area contributed by atoms with Gasteiger partial charge < -0.3 is 14.4 Å².